The Labute approximate surface area is 80.0 Å². The maximum Gasteiger partial charge on any atom is 0.0274 e. The summed E-state index contributed by atoms with van der Waals surface area (Å²) in [5.74, 6) is 6.15. The molecule has 0 amide bonds. The van der Waals surface area contributed by atoms with Gasteiger partial charge in [0.2, 0.25) is 0 Å². The van der Waals surface area contributed by atoms with Crippen molar-refractivity contribution in [1.82, 2.24) is 0 Å². The van der Waals surface area contributed by atoms with Crippen LogP contribution in [0.5, 0.6) is 0 Å². The Morgan fingerprint density at radius 1 is 1.31 bits per heavy atom. The first-order chi connectivity index (χ1) is 6.24. The fourth-order valence-corrected chi connectivity index (χ4v) is 1.18. The summed E-state index contributed by atoms with van der Waals surface area (Å²) in [6.07, 6.45) is 0.771. The van der Waals surface area contributed by atoms with Gasteiger partial charge in [-0.3, -0.25) is 0 Å². The van der Waals surface area contributed by atoms with Crippen molar-refractivity contribution in [3.8, 4) is 11.8 Å². The second kappa shape index (κ2) is 4.69. The van der Waals surface area contributed by atoms with Crippen LogP contribution in [-0.2, 0) is 0 Å². The van der Waals surface area contributed by atoms with Gasteiger partial charge in [0.1, 0.15) is 0 Å². The van der Waals surface area contributed by atoms with Crippen LogP contribution in [0, 0.1) is 25.7 Å². The van der Waals surface area contributed by atoms with E-state index >= 15 is 0 Å². The number of aryl methyl sites for hydroxylation is 2. The van der Waals surface area contributed by atoms with Crippen molar-refractivity contribution in [2.75, 3.05) is 6.54 Å². The molecule has 1 nitrogen and oxygen atoms in total. The molecule has 0 aliphatic heterocycles. The van der Waals surface area contributed by atoms with E-state index in [9.17, 15) is 0 Å². The average Bonchev–Trinajstić information content (AvgIpc) is 2.09. The fourth-order valence-electron chi connectivity index (χ4n) is 1.18. The maximum absolute atomic E-state index is 5.35. The molecular formula is C12H15N. The van der Waals surface area contributed by atoms with Gasteiger partial charge in [0.25, 0.3) is 0 Å². The summed E-state index contributed by atoms with van der Waals surface area (Å²) in [6, 6.07) is 6.29. The number of benzene rings is 1. The third kappa shape index (κ3) is 2.93. The lowest BCUT2D eigenvalue weighted by atomic mass is 10.1. The van der Waals surface area contributed by atoms with E-state index in [-0.39, 0.29) is 0 Å². The molecule has 1 heteroatoms. The second-order valence-corrected chi connectivity index (χ2v) is 3.16. The molecule has 0 unspecified atom stereocenters. The summed E-state index contributed by atoms with van der Waals surface area (Å²) in [7, 11) is 0. The highest BCUT2D eigenvalue weighted by molar-refractivity contribution is 5.42. The van der Waals surface area contributed by atoms with Gasteiger partial charge in [-0.1, -0.05) is 29.5 Å². The second-order valence-electron chi connectivity index (χ2n) is 3.16. The third-order valence-corrected chi connectivity index (χ3v) is 1.87. The van der Waals surface area contributed by atoms with Crippen LogP contribution in [0.3, 0.4) is 0 Å². The molecule has 1 aromatic carbocycles. The van der Waals surface area contributed by atoms with Crippen LogP contribution in [0.1, 0.15) is 23.1 Å². The van der Waals surface area contributed by atoms with Crippen LogP contribution in [-0.4, -0.2) is 6.54 Å². The summed E-state index contributed by atoms with van der Waals surface area (Å²) in [5, 5.41) is 0. The van der Waals surface area contributed by atoms with Gasteiger partial charge in [-0.25, -0.2) is 0 Å². The van der Waals surface area contributed by atoms with Crippen LogP contribution < -0.4 is 5.73 Å². The number of nitrogens with two attached hydrogens (primary N) is 1. The van der Waals surface area contributed by atoms with E-state index in [0.29, 0.717) is 6.54 Å². The van der Waals surface area contributed by atoms with Gasteiger partial charge in [0.15, 0.2) is 0 Å². The Morgan fingerprint density at radius 2 is 2.08 bits per heavy atom. The van der Waals surface area contributed by atoms with Gasteiger partial charge in [-0.2, -0.15) is 0 Å². The molecule has 0 saturated carbocycles. The smallest absolute Gasteiger partial charge is 0.0274 e. The minimum atomic E-state index is 0.637. The number of hydrogen-bond acceptors (Lipinski definition) is 1. The zero-order valence-corrected chi connectivity index (χ0v) is 8.22. The predicted octanol–water partition coefficient (Wildman–Crippen LogP) is 2.00. The number of rotatable bonds is 1. The molecule has 0 atom stereocenters. The van der Waals surface area contributed by atoms with Gasteiger partial charge in [-0.05, 0) is 25.5 Å². The molecule has 0 fully saturated rings. The highest BCUT2D eigenvalue weighted by Crippen LogP contribution is 2.08. The fraction of sp³-hybridized carbons (Fsp3) is 0.333. The monoisotopic (exact) mass is 173 g/mol. The molecule has 1 rings (SSSR count). The Balaban J connectivity index is 2.85. The van der Waals surface area contributed by atoms with Gasteiger partial charge >= 0.3 is 0 Å². The number of hydrogen-bond donors (Lipinski definition) is 1. The molecule has 0 aliphatic rings. The van der Waals surface area contributed by atoms with E-state index in [4.69, 9.17) is 5.73 Å². The van der Waals surface area contributed by atoms with E-state index in [2.05, 4.69) is 43.9 Å². The quantitative estimate of drug-likeness (QED) is 0.646. The Kier molecular flexibility index (Phi) is 3.54. The lowest BCUT2D eigenvalue weighted by molar-refractivity contribution is 1.03. The van der Waals surface area contributed by atoms with E-state index in [1.807, 2.05) is 0 Å². The zero-order chi connectivity index (χ0) is 9.68. The Bertz CT molecular complexity index is 342. The first kappa shape index (κ1) is 9.83. The summed E-state index contributed by atoms with van der Waals surface area (Å²) in [6.45, 7) is 4.81. The molecule has 0 spiro atoms. The van der Waals surface area contributed by atoms with Crippen LogP contribution >= 0.6 is 0 Å². The van der Waals surface area contributed by atoms with Gasteiger partial charge < -0.3 is 5.73 Å². The van der Waals surface area contributed by atoms with Gasteiger partial charge in [0, 0.05) is 18.5 Å². The first-order valence-electron chi connectivity index (χ1n) is 4.50. The molecular weight excluding hydrogens is 158 g/mol. The van der Waals surface area contributed by atoms with Crippen LogP contribution in [0.2, 0.25) is 0 Å². The summed E-state index contributed by atoms with van der Waals surface area (Å²) in [4.78, 5) is 0. The predicted molar refractivity (Wildman–Crippen MR) is 56.5 cm³/mol. The van der Waals surface area contributed by atoms with Crippen molar-refractivity contribution in [2.24, 2.45) is 5.73 Å². The molecule has 0 heterocycles. The topological polar surface area (TPSA) is 26.0 Å². The van der Waals surface area contributed by atoms with E-state index in [1.54, 1.807) is 0 Å². The lowest BCUT2D eigenvalue weighted by Gasteiger charge is -1.98. The summed E-state index contributed by atoms with van der Waals surface area (Å²) >= 11 is 0. The molecule has 0 aliphatic carbocycles. The minimum absolute atomic E-state index is 0.637. The van der Waals surface area contributed by atoms with Crippen molar-refractivity contribution in [3.63, 3.8) is 0 Å². The van der Waals surface area contributed by atoms with Crippen molar-refractivity contribution in [1.29, 1.82) is 0 Å². The van der Waals surface area contributed by atoms with Crippen LogP contribution in [0.25, 0.3) is 0 Å². The lowest BCUT2D eigenvalue weighted by Crippen LogP contribution is -1.95. The highest BCUT2D eigenvalue weighted by Gasteiger charge is 1.92. The molecule has 0 saturated heterocycles. The largest absolute Gasteiger partial charge is 0.330 e. The highest BCUT2D eigenvalue weighted by atomic mass is 14.5. The van der Waals surface area contributed by atoms with Gasteiger partial charge in [0.05, 0.1) is 0 Å². The van der Waals surface area contributed by atoms with E-state index in [1.165, 1.54) is 11.1 Å². The van der Waals surface area contributed by atoms with Crippen molar-refractivity contribution < 1.29 is 0 Å². The maximum atomic E-state index is 5.35. The van der Waals surface area contributed by atoms with E-state index < -0.39 is 0 Å². The Morgan fingerprint density at radius 3 is 2.69 bits per heavy atom. The van der Waals surface area contributed by atoms with E-state index in [0.717, 1.165) is 12.0 Å². The molecule has 2 N–H and O–H groups in total. The summed E-state index contributed by atoms with van der Waals surface area (Å²) < 4.78 is 0. The molecule has 0 radical (unpaired) electrons. The third-order valence-electron chi connectivity index (χ3n) is 1.87. The molecule has 0 bridgehead atoms. The molecule has 0 aromatic heterocycles. The van der Waals surface area contributed by atoms with Crippen molar-refractivity contribution in [2.45, 2.75) is 20.3 Å². The van der Waals surface area contributed by atoms with Crippen LogP contribution in [0.4, 0.5) is 0 Å². The minimum Gasteiger partial charge on any atom is -0.330 e. The van der Waals surface area contributed by atoms with Crippen molar-refractivity contribution in [3.05, 3.63) is 34.9 Å². The molecule has 1 aromatic rings. The Hall–Kier alpha value is -1.26. The normalized spacial score (nSPS) is 9.15. The average molecular weight is 173 g/mol. The zero-order valence-electron chi connectivity index (χ0n) is 8.22. The van der Waals surface area contributed by atoms with Gasteiger partial charge in [-0.15, -0.1) is 0 Å². The standard InChI is InChI=1S/C12H15N/c1-10-6-7-12(11(2)9-10)5-3-4-8-13/h6-7,9H,4,8,13H2,1-2H3. The van der Waals surface area contributed by atoms with Crippen molar-refractivity contribution >= 4 is 0 Å². The SMILES string of the molecule is Cc1ccc(C#CCCN)c(C)c1. The molecule has 68 valence electrons. The molecule has 13 heavy (non-hydrogen) atoms. The van der Waals surface area contributed by atoms with Crippen LogP contribution in [0.15, 0.2) is 18.2 Å². The first-order valence-corrected chi connectivity index (χ1v) is 4.50. The summed E-state index contributed by atoms with van der Waals surface area (Å²) in [5.41, 5.74) is 8.98.